The van der Waals surface area contributed by atoms with Gasteiger partial charge in [-0.3, -0.25) is 4.98 Å². The lowest BCUT2D eigenvalue weighted by molar-refractivity contribution is 0.0240. The summed E-state index contributed by atoms with van der Waals surface area (Å²) in [7, 11) is 2.07. The molecule has 35 heavy (non-hydrogen) atoms. The predicted molar refractivity (Wildman–Crippen MR) is 135 cm³/mol. The minimum absolute atomic E-state index is 0.139. The highest BCUT2D eigenvalue weighted by Crippen LogP contribution is 2.31. The van der Waals surface area contributed by atoms with E-state index in [9.17, 15) is 4.79 Å². The molecule has 2 aliphatic heterocycles. The summed E-state index contributed by atoms with van der Waals surface area (Å²) >= 11 is 0. The molecule has 4 heterocycles. The first-order valence-corrected chi connectivity index (χ1v) is 12.3. The third kappa shape index (κ3) is 4.91. The average molecular weight is 479 g/mol. The van der Waals surface area contributed by atoms with E-state index < -0.39 is 5.60 Å². The van der Waals surface area contributed by atoms with Gasteiger partial charge in [0.15, 0.2) is 0 Å². The van der Waals surface area contributed by atoms with Crippen LogP contribution in [0.15, 0.2) is 36.5 Å². The number of para-hydroxylation sites is 1. The normalized spacial score (nSPS) is 18.3. The standard InChI is InChI=1S/C26H34N6O3/c1-26(2,3)35-25(33)32-14-12-31(13-15-32)20-8-5-7-19-24(20)30(4)22(29-19)17-28-18-10-16-34-21-9-6-11-27-23(18)21/h5-9,11,18,28H,10,12-17H2,1-4H3. The minimum atomic E-state index is -0.484. The van der Waals surface area contributed by atoms with Gasteiger partial charge in [-0.2, -0.15) is 0 Å². The number of nitrogens with one attached hydrogen (secondary N) is 1. The number of aromatic nitrogens is 3. The van der Waals surface area contributed by atoms with Crippen molar-refractivity contribution < 1.29 is 14.3 Å². The molecule has 0 aliphatic carbocycles. The Morgan fingerprint density at radius 3 is 2.74 bits per heavy atom. The molecule has 9 heteroatoms. The van der Waals surface area contributed by atoms with Crippen molar-refractivity contribution in [2.75, 3.05) is 37.7 Å². The number of nitrogens with zero attached hydrogens (tertiary/aromatic N) is 5. The second kappa shape index (κ2) is 9.37. The maximum atomic E-state index is 12.5. The predicted octanol–water partition coefficient (Wildman–Crippen LogP) is 3.64. The Morgan fingerprint density at radius 2 is 1.97 bits per heavy atom. The number of pyridine rings is 1. The van der Waals surface area contributed by atoms with Crippen LogP contribution in [0.2, 0.25) is 0 Å². The lowest BCUT2D eigenvalue weighted by Gasteiger charge is -2.37. The topological polar surface area (TPSA) is 84.8 Å². The largest absolute Gasteiger partial charge is 0.492 e. The number of piperazine rings is 1. The maximum absolute atomic E-state index is 12.5. The van der Waals surface area contributed by atoms with E-state index in [0.717, 1.165) is 53.5 Å². The molecule has 1 amide bonds. The summed E-state index contributed by atoms with van der Waals surface area (Å²) in [6, 6.07) is 10.3. The fraction of sp³-hybridized carbons (Fsp3) is 0.500. The molecule has 9 nitrogen and oxygen atoms in total. The first-order chi connectivity index (χ1) is 16.8. The summed E-state index contributed by atoms with van der Waals surface area (Å²) in [5.74, 6) is 1.83. The number of rotatable bonds is 4. The molecule has 1 N–H and O–H groups in total. The lowest BCUT2D eigenvalue weighted by Crippen LogP contribution is -2.50. The number of amides is 1. The molecule has 3 aromatic rings. The highest BCUT2D eigenvalue weighted by atomic mass is 16.6. The fourth-order valence-corrected chi connectivity index (χ4v) is 4.79. The van der Waals surface area contributed by atoms with E-state index in [0.29, 0.717) is 26.2 Å². The van der Waals surface area contributed by atoms with Gasteiger partial charge in [0, 0.05) is 45.8 Å². The number of benzene rings is 1. The van der Waals surface area contributed by atoms with Crippen LogP contribution in [0.25, 0.3) is 11.0 Å². The summed E-state index contributed by atoms with van der Waals surface area (Å²) in [6.45, 7) is 9.77. The maximum Gasteiger partial charge on any atom is 0.410 e. The molecule has 0 spiro atoms. The molecule has 5 rings (SSSR count). The lowest BCUT2D eigenvalue weighted by atomic mass is 10.1. The van der Waals surface area contributed by atoms with Crippen LogP contribution in [0, 0.1) is 0 Å². The van der Waals surface area contributed by atoms with E-state index in [4.69, 9.17) is 14.5 Å². The zero-order valence-electron chi connectivity index (χ0n) is 21.0. The Balaban J connectivity index is 1.30. The van der Waals surface area contributed by atoms with Crippen LogP contribution in [0.3, 0.4) is 0 Å². The van der Waals surface area contributed by atoms with Gasteiger partial charge < -0.3 is 29.2 Å². The van der Waals surface area contributed by atoms with Gasteiger partial charge in [0.05, 0.1) is 41.6 Å². The third-order valence-corrected chi connectivity index (χ3v) is 6.54. The molecule has 2 aliphatic rings. The van der Waals surface area contributed by atoms with Gasteiger partial charge in [-0.05, 0) is 45.0 Å². The number of imidazole rings is 1. The Bertz CT molecular complexity index is 1210. The van der Waals surface area contributed by atoms with Crippen LogP contribution in [0.1, 0.15) is 44.8 Å². The van der Waals surface area contributed by atoms with Gasteiger partial charge in [-0.25, -0.2) is 9.78 Å². The van der Waals surface area contributed by atoms with E-state index in [1.165, 1.54) is 0 Å². The van der Waals surface area contributed by atoms with Gasteiger partial charge >= 0.3 is 6.09 Å². The van der Waals surface area contributed by atoms with Crippen LogP contribution in [-0.2, 0) is 18.3 Å². The van der Waals surface area contributed by atoms with Crippen molar-refractivity contribution in [1.29, 1.82) is 0 Å². The molecule has 186 valence electrons. The van der Waals surface area contributed by atoms with E-state index in [-0.39, 0.29) is 12.1 Å². The fourth-order valence-electron chi connectivity index (χ4n) is 4.79. The zero-order chi connectivity index (χ0) is 24.6. The van der Waals surface area contributed by atoms with Crippen LogP contribution < -0.4 is 15.0 Å². The first kappa shape index (κ1) is 23.4. The van der Waals surface area contributed by atoms with Gasteiger partial charge in [-0.15, -0.1) is 0 Å². The number of ether oxygens (including phenoxy) is 2. The molecule has 1 atom stereocenters. The van der Waals surface area contributed by atoms with Crippen molar-refractivity contribution in [3.8, 4) is 5.75 Å². The van der Waals surface area contributed by atoms with Crippen molar-refractivity contribution in [2.24, 2.45) is 7.05 Å². The second-order valence-corrected chi connectivity index (χ2v) is 10.1. The smallest absolute Gasteiger partial charge is 0.410 e. The van der Waals surface area contributed by atoms with Crippen LogP contribution in [0.5, 0.6) is 5.75 Å². The van der Waals surface area contributed by atoms with Crippen molar-refractivity contribution in [1.82, 2.24) is 24.8 Å². The second-order valence-electron chi connectivity index (χ2n) is 10.1. The minimum Gasteiger partial charge on any atom is -0.492 e. The number of hydrogen-bond acceptors (Lipinski definition) is 7. The number of fused-ring (bicyclic) bond motifs is 2. The van der Waals surface area contributed by atoms with Crippen LogP contribution in [0.4, 0.5) is 10.5 Å². The average Bonchev–Trinajstić information content (AvgIpc) is 3.17. The number of hydrogen-bond donors (Lipinski definition) is 1. The SMILES string of the molecule is Cn1c(CNC2CCOc3cccnc32)nc2cccc(N3CCN(C(=O)OC(C)(C)C)CC3)c21. The van der Waals surface area contributed by atoms with Gasteiger partial charge in [-0.1, -0.05) is 6.07 Å². The molecule has 1 fully saturated rings. The van der Waals surface area contributed by atoms with Crippen molar-refractivity contribution >= 4 is 22.8 Å². The summed E-state index contributed by atoms with van der Waals surface area (Å²) in [5.41, 5.74) is 3.70. The summed E-state index contributed by atoms with van der Waals surface area (Å²) in [5, 5.41) is 3.63. The summed E-state index contributed by atoms with van der Waals surface area (Å²) in [6.07, 6.45) is 2.45. The van der Waals surface area contributed by atoms with E-state index in [1.54, 1.807) is 4.90 Å². The van der Waals surface area contributed by atoms with Gasteiger partial charge in [0.1, 0.15) is 17.2 Å². The van der Waals surface area contributed by atoms with Crippen LogP contribution in [-0.4, -0.2) is 63.9 Å². The van der Waals surface area contributed by atoms with Crippen molar-refractivity contribution in [3.05, 3.63) is 48.0 Å². The summed E-state index contributed by atoms with van der Waals surface area (Å²) in [4.78, 5) is 26.0. The molecular formula is C26H34N6O3. The Morgan fingerprint density at radius 1 is 1.17 bits per heavy atom. The highest BCUT2D eigenvalue weighted by Gasteiger charge is 2.28. The summed E-state index contributed by atoms with van der Waals surface area (Å²) < 4.78 is 13.5. The van der Waals surface area contributed by atoms with Gasteiger partial charge in [0.2, 0.25) is 0 Å². The van der Waals surface area contributed by atoms with E-state index in [2.05, 4.69) is 45.0 Å². The molecule has 1 saturated heterocycles. The Kier molecular flexibility index (Phi) is 6.27. The molecule has 2 aromatic heterocycles. The number of carbonyl (C=O) groups is 1. The Labute approximate surface area is 206 Å². The number of carbonyl (C=O) groups excluding carboxylic acids is 1. The van der Waals surface area contributed by atoms with Crippen molar-refractivity contribution in [3.63, 3.8) is 0 Å². The third-order valence-electron chi connectivity index (χ3n) is 6.54. The Hall–Kier alpha value is -3.33. The first-order valence-electron chi connectivity index (χ1n) is 12.3. The highest BCUT2D eigenvalue weighted by molar-refractivity contribution is 5.89. The molecular weight excluding hydrogens is 444 g/mol. The molecule has 1 unspecified atom stereocenters. The van der Waals surface area contributed by atoms with Crippen molar-refractivity contribution in [2.45, 2.75) is 45.4 Å². The van der Waals surface area contributed by atoms with Gasteiger partial charge in [0.25, 0.3) is 0 Å². The molecule has 1 aromatic carbocycles. The van der Waals surface area contributed by atoms with Crippen LogP contribution >= 0.6 is 0 Å². The van der Waals surface area contributed by atoms with E-state index >= 15 is 0 Å². The van der Waals surface area contributed by atoms with E-state index in [1.807, 2.05) is 39.1 Å². The molecule has 0 bridgehead atoms. The number of aryl methyl sites for hydroxylation is 1. The molecule has 0 saturated carbocycles. The monoisotopic (exact) mass is 478 g/mol. The number of anilines is 1. The zero-order valence-corrected chi connectivity index (χ0v) is 21.0. The quantitative estimate of drug-likeness (QED) is 0.613. The molecule has 0 radical (unpaired) electrons.